The van der Waals surface area contributed by atoms with Crippen LogP contribution in [0.4, 0.5) is 11.4 Å². The molecule has 0 amide bonds. The normalized spacial score (nSPS) is 18.5. The van der Waals surface area contributed by atoms with E-state index < -0.39 is 0 Å². The van der Waals surface area contributed by atoms with Crippen molar-refractivity contribution < 1.29 is 4.79 Å². The minimum Gasteiger partial charge on any atom is -0.340 e. The van der Waals surface area contributed by atoms with E-state index in [1.165, 1.54) is 0 Å². The van der Waals surface area contributed by atoms with Gasteiger partial charge in [-0.15, -0.1) is 0 Å². The molecule has 0 bridgehead atoms. The fourth-order valence-corrected chi connectivity index (χ4v) is 4.58. The lowest BCUT2D eigenvalue weighted by molar-refractivity contribution is -0.108. The zero-order valence-electron chi connectivity index (χ0n) is 17.2. The number of hydrogen-bond acceptors (Lipinski definition) is 6. The first kappa shape index (κ1) is 19.5. The third kappa shape index (κ3) is 3.37. The van der Waals surface area contributed by atoms with Gasteiger partial charge in [0.15, 0.2) is 18.1 Å². The number of aldehydes is 1. The zero-order chi connectivity index (χ0) is 20.8. The Morgan fingerprint density at radius 1 is 1.27 bits per heavy atom. The monoisotopic (exact) mass is 468 g/mol. The Labute approximate surface area is 184 Å². The molecule has 0 aromatic carbocycles. The summed E-state index contributed by atoms with van der Waals surface area (Å²) in [6.45, 7) is 5.84. The third-order valence-electron chi connectivity index (χ3n) is 5.90. The molecule has 7 nitrogen and oxygen atoms in total. The van der Waals surface area contributed by atoms with Crippen LogP contribution in [0.5, 0.6) is 0 Å². The van der Waals surface area contributed by atoms with Gasteiger partial charge >= 0.3 is 0 Å². The van der Waals surface area contributed by atoms with Gasteiger partial charge in [0, 0.05) is 29.5 Å². The van der Waals surface area contributed by atoms with Crippen LogP contribution in [0.1, 0.15) is 38.9 Å². The number of rotatable bonds is 7. The molecule has 0 saturated heterocycles. The molecule has 156 valence electrons. The van der Waals surface area contributed by atoms with Crippen molar-refractivity contribution in [3.05, 3.63) is 41.0 Å². The van der Waals surface area contributed by atoms with Crippen LogP contribution in [0.15, 0.2) is 35.2 Å². The molecule has 2 aliphatic rings. The number of pyridine rings is 2. The largest absolute Gasteiger partial charge is 0.340 e. The van der Waals surface area contributed by atoms with Crippen LogP contribution < -0.4 is 9.80 Å². The maximum absolute atomic E-state index is 12.2. The number of carbonyl (C=O) groups excluding carboxylic acids is 1. The van der Waals surface area contributed by atoms with E-state index in [0.29, 0.717) is 18.5 Å². The summed E-state index contributed by atoms with van der Waals surface area (Å²) in [5.41, 5.74) is 3.85. The molecule has 3 aromatic heterocycles. The maximum atomic E-state index is 12.2. The summed E-state index contributed by atoms with van der Waals surface area (Å²) in [6.07, 6.45) is 9.51. The van der Waals surface area contributed by atoms with Crippen molar-refractivity contribution in [1.29, 1.82) is 0 Å². The second-order valence-corrected chi connectivity index (χ2v) is 9.45. The molecule has 1 saturated carbocycles. The Morgan fingerprint density at radius 2 is 2.10 bits per heavy atom. The number of halogens is 1. The highest BCUT2D eigenvalue weighted by atomic mass is 79.9. The first-order valence-electron chi connectivity index (χ1n) is 10.5. The molecule has 30 heavy (non-hydrogen) atoms. The first-order chi connectivity index (χ1) is 14.6. The molecule has 4 heterocycles. The van der Waals surface area contributed by atoms with Gasteiger partial charge in [-0.2, -0.15) is 0 Å². The van der Waals surface area contributed by atoms with Crippen LogP contribution in [-0.4, -0.2) is 38.0 Å². The Morgan fingerprint density at radius 3 is 2.83 bits per heavy atom. The summed E-state index contributed by atoms with van der Waals surface area (Å²) in [6, 6.07) is 4.46. The molecule has 1 fully saturated rings. The molecule has 3 aromatic rings. The maximum Gasteiger partial charge on any atom is 0.163 e. The van der Waals surface area contributed by atoms with Crippen molar-refractivity contribution in [3.63, 3.8) is 0 Å². The summed E-state index contributed by atoms with van der Waals surface area (Å²) in [4.78, 5) is 30.5. The lowest BCUT2D eigenvalue weighted by atomic mass is 10.1. The molecular weight excluding hydrogens is 444 g/mol. The lowest BCUT2D eigenvalue weighted by Crippen LogP contribution is -2.45. The van der Waals surface area contributed by atoms with Crippen molar-refractivity contribution >= 4 is 44.8 Å². The van der Waals surface area contributed by atoms with Gasteiger partial charge in [0.1, 0.15) is 11.3 Å². The predicted octanol–water partition coefficient (Wildman–Crippen LogP) is 4.15. The van der Waals surface area contributed by atoms with Gasteiger partial charge in [-0.1, -0.05) is 13.8 Å². The Bertz CT molecular complexity index is 1090. The number of carbonyl (C=O) groups is 1. The predicted molar refractivity (Wildman–Crippen MR) is 120 cm³/mol. The van der Waals surface area contributed by atoms with Crippen LogP contribution in [0.25, 0.3) is 11.2 Å². The van der Waals surface area contributed by atoms with Crippen molar-refractivity contribution in [2.24, 2.45) is 5.92 Å². The average molecular weight is 469 g/mol. The van der Waals surface area contributed by atoms with Crippen molar-refractivity contribution in [3.8, 4) is 0 Å². The Kier molecular flexibility index (Phi) is 4.97. The molecule has 1 atom stereocenters. The summed E-state index contributed by atoms with van der Waals surface area (Å²) in [7, 11) is 0. The molecule has 0 radical (unpaired) electrons. The summed E-state index contributed by atoms with van der Waals surface area (Å²) >= 11 is 3.51. The topological polar surface area (TPSA) is 67.2 Å². The van der Waals surface area contributed by atoms with E-state index in [0.717, 1.165) is 64.9 Å². The number of aryl methyl sites for hydroxylation is 1. The Balaban J connectivity index is 1.56. The molecule has 0 spiro atoms. The Hall–Kier alpha value is -2.48. The quantitative estimate of drug-likeness (QED) is 0.485. The summed E-state index contributed by atoms with van der Waals surface area (Å²) in [5, 5.41) is 0. The van der Waals surface area contributed by atoms with Crippen LogP contribution in [0.2, 0.25) is 0 Å². The average Bonchev–Trinajstić information content (AvgIpc) is 3.44. The van der Waals surface area contributed by atoms with Gasteiger partial charge in [-0.05, 0) is 53.2 Å². The van der Waals surface area contributed by atoms with Gasteiger partial charge in [0.05, 0.1) is 24.1 Å². The number of hydrogen-bond donors (Lipinski definition) is 0. The van der Waals surface area contributed by atoms with Gasteiger partial charge in [-0.25, -0.2) is 9.97 Å². The van der Waals surface area contributed by atoms with Crippen molar-refractivity contribution in [2.45, 2.75) is 58.4 Å². The molecule has 0 N–H and O–H groups in total. The number of fused-ring (bicyclic) bond motifs is 2. The van der Waals surface area contributed by atoms with Gasteiger partial charge < -0.3 is 14.4 Å². The van der Waals surface area contributed by atoms with Crippen LogP contribution in [0, 0.1) is 5.92 Å². The second kappa shape index (κ2) is 7.65. The highest BCUT2D eigenvalue weighted by molar-refractivity contribution is 9.10. The van der Waals surface area contributed by atoms with E-state index in [2.05, 4.69) is 54.1 Å². The van der Waals surface area contributed by atoms with Gasteiger partial charge in [0.25, 0.3) is 0 Å². The van der Waals surface area contributed by atoms with E-state index in [1.54, 1.807) is 6.20 Å². The second-order valence-electron chi connectivity index (χ2n) is 8.54. The van der Waals surface area contributed by atoms with Crippen molar-refractivity contribution in [2.75, 3.05) is 9.80 Å². The molecule has 8 heteroatoms. The van der Waals surface area contributed by atoms with Crippen LogP contribution in [0.3, 0.4) is 0 Å². The number of anilines is 2. The number of aromatic nitrogens is 4. The molecule has 1 aliphatic heterocycles. The highest BCUT2D eigenvalue weighted by Crippen LogP contribution is 2.45. The minimum atomic E-state index is -0.324. The molecular formula is C22H25BrN6O. The smallest absolute Gasteiger partial charge is 0.163 e. The molecule has 1 aliphatic carbocycles. The molecule has 1 unspecified atom stereocenters. The molecule has 5 rings (SSSR count). The third-order valence-corrected chi connectivity index (χ3v) is 6.34. The van der Waals surface area contributed by atoms with Crippen LogP contribution >= 0.6 is 15.9 Å². The number of nitrogens with zero attached hydrogens (tertiary/aromatic N) is 6. The standard InChI is InChI=1S/C22H25BrN6O/c1-14(2)6-8-27-20(26-17-9-15(23)10-25-22(17)27)12-28-19-11-24-7-5-18(19)29(16-3-4-16)21(28)13-30/h5,7,9-11,13-14,16,21H,3-4,6,8,12H2,1-2H3. The fraction of sp³-hybridized carbons (Fsp3) is 0.455. The summed E-state index contributed by atoms with van der Waals surface area (Å²) in [5.74, 6) is 1.51. The zero-order valence-corrected chi connectivity index (χ0v) is 18.8. The lowest BCUT2D eigenvalue weighted by Gasteiger charge is -2.28. The first-order valence-corrected chi connectivity index (χ1v) is 11.3. The van der Waals surface area contributed by atoms with Crippen LogP contribution in [-0.2, 0) is 17.9 Å². The van der Waals surface area contributed by atoms with E-state index in [9.17, 15) is 4.79 Å². The fourth-order valence-electron chi connectivity index (χ4n) is 4.27. The van der Waals surface area contributed by atoms with Gasteiger partial charge in [-0.3, -0.25) is 9.78 Å². The highest BCUT2D eigenvalue weighted by Gasteiger charge is 2.43. The van der Waals surface area contributed by atoms with E-state index >= 15 is 0 Å². The van der Waals surface area contributed by atoms with Crippen molar-refractivity contribution in [1.82, 2.24) is 19.5 Å². The van der Waals surface area contributed by atoms with E-state index in [-0.39, 0.29) is 6.17 Å². The SMILES string of the molecule is CC(C)CCn1c(CN2c3cnccc3N(C3CC3)C2C=O)nc2cc(Br)cnc21. The number of imidazole rings is 1. The van der Waals surface area contributed by atoms with Gasteiger partial charge in [0.2, 0.25) is 0 Å². The van der Waals surface area contributed by atoms with E-state index in [4.69, 9.17) is 4.98 Å². The van der Waals surface area contributed by atoms with E-state index in [1.807, 2.05) is 24.5 Å². The minimum absolute atomic E-state index is 0.324. The summed E-state index contributed by atoms with van der Waals surface area (Å²) < 4.78 is 3.12.